The van der Waals surface area contributed by atoms with E-state index in [1.165, 1.54) is 11.1 Å². The molecule has 1 heteroatoms. The molecule has 0 amide bonds. The molecule has 13 heavy (non-hydrogen) atoms. The average molecular weight is 180 g/mol. The van der Waals surface area contributed by atoms with Crippen molar-refractivity contribution in [2.75, 3.05) is 0 Å². The molecule has 0 aliphatic heterocycles. The highest BCUT2D eigenvalue weighted by atomic mass is 16.1. The van der Waals surface area contributed by atoms with Gasteiger partial charge >= 0.3 is 0 Å². The first-order valence-electron chi connectivity index (χ1n) is 4.87. The molecule has 0 N–H and O–H groups in total. The number of carbonyl (C=O) groups is 1. The molecule has 0 rings (SSSR count). The summed E-state index contributed by atoms with van der Waals surface area (Å²) < 4.78 is 0. The van der Waals surface area contributed by atoms with Crippen molar-refractivity contribution < 1.29 is 4.79 Å². The van der Waals surface area contributed by atoms with E-state index >= 15 is 0 Å². The Morgan fingerprint density at radius 2 is 1.92 bits per heavy atom. The molecule has 1 atom stereocenters. The maximum atomic E-state index is 10.3. The summed E-state index contributed by atoms with van der Waals surface area (Å²) in [7, 11) is 0. The van der Waals surface area contributed by atoms with Gasteiger partial charge in [-0.3, -0.25) is 4.79 Å². The van der Waals surface area contributed by atoms with Crippen molar-refractivity contribution in [1.29, 1.82) is 0 Å². The zero-order chi connectivity index (χ0) is 10.3. The smallest absolute Gasteiger partial charge is 0.142 e. The van der Waals surface area contributed by atoms with E-state index in [2.05, 4.69) is 26.8 Å². The highest BCUT2D eigenvalue weighted by Crippen LogP contribution is 2.19. The van der Waals surface area contributed by atoms with E-state index in [9.17, 15) is 4.79 Å². The molecule has 0 saturated heterocycles. The molecular formula is C12H20O. The number of rotatable bonds is 5. The lowest BCUT2D eigenvalue weighted by Gasteiger charge is -2.12. The summed E-state index contributed by atoms with van der Waals surface area (Å²) in [6.07, 6.45) is 6.93. The Labute approximate surface area is 81.5 Å². The van der Waals surface area contributed by atoms with Crippen LogP contribution in [0.3, 0.4) is 0 Å². The molecule has 0 heterocycles. The molecule has 0 saturated carbocycles. The number of allylic oxidation sites excluding steroid dienone is 4. The van der Waals surface area contributed by atoms with Crippen molar-refractivity contribution in [3.63, 3.8) is 0 Å². The van der Waals surface area contributed by atoms with Crippen molar-refractivity contribution in [2.24, 2.45) is 5.92 Å². The predicted octanol–water partition coefficient (Wildman–Crippen LogP) is 3.51. The van der Waals surface area contributed by atoms with E-state index in [0.717, 1.165) is 19.1 Å². The standard InChI is InChI=1S/C12H20O/c1-5-12(7-6-10(2)3)11(4)8-9-13/h6,8-9,12H,5,7H2,1-4H3. The van der Waals surface area contributed by atoms with Crippen LogP contribution in [0.25, 0.3) is 0 Å². The summed E-state index contributed by atoms with van der Waals surface area (Å²) in [5.41, 5.74) is 2.53. The Balaban J connectivity index is 4.26. The zero-order valence-corrected chi connectivity index (χ0v) is 9.13. The minimum atomic E-state index is 0.528. The van der Waals surface area contributed by atoms with Crippen LogP contribution in [0, 0.1) is 5.92 Å². The molecule has 0 aromatic heterocycles. The molecule has 0 aromatic carbocycles. The molecule has 74 valence electrons. The van der Waals surface area contributed by atoms with E-state index in [4.69, 9.17) is 0 Å². The second-order valence-electron chi connectivity index (χ2n) is 3.67. The molecule has 0 fully saturated rings. The summed E-state index contributed by atoms with van der Waals surface area (Å²) in [5, 5.41) is 0. The molecule has 0 aromatic rings. The third-order valence-electron chi connectivity index (χ3n) is 2.28. The van der Waals surface area contributed by atoms with Crippen molar-refractivity contribution in [3.8, 4) is 0 Å². The van der Waals surface area contributed by atoms with Gasteiger partial charge in [0.05, 0.1) is 0 Å². The third-order valence-corrected chi connectivity index (χ3v) is 2.28. The van der Waals surface area contributed by atoms with Gasteiger partial charge in [0.2, 0.25) is 0 Å². The van der Waals surface area contributed by atoms with Crippen LogP contribution in [0.15, 0.2) is 23.3 Å². The van der Waals surface area contributed by atoms with Gasteiger partial charge in [0.1, 0.15) is 6.29 Å². The predicted molar refractivity (Wildman–Crippen MR) is 57.7 cm³/mol. The van der Waals surface area contributed by atoms with Crippen molar-refractivity contribution in [2.45, 2.75) is 40.5 Å². The van der Waals surface area contributed by atoms with Crippen molar-refractivity contribution in [3.05, 3.63) is 23.3 Å². The van der Waals surface area contributed by atoms with Crippen LogP contribution in [0.4, 0.5) is 0 Å². The number of carbonyl (C=O) groups excluding carboxylic acids is 1. The Hall–Kier alpha value is -0.850. The summed E-state index contributed by atoms with van der Waals surface area (Å²) in [4.78, 5) is 10.3. The lowest BCUT2D eigenvalue weighted by Crippen LogP contribution is -1.99. The lowest BCUT2D eigenvalue weighted by atomic mass is 9.93. The Morgan fingerprint density at radius 1 is 1.31 bits per heavy atom. The highest BCUT2D eigenvalue weighted by Gasteiger charge is 2.05. The molecule has 1 unspecified atom stereocenters. The van der Waals surface area contributed by atoms with Crippen molar-refractivity contribution in [1.82, 2.24) is 0 Å². The van der Waals surface area contributed by atoms with E-state index in [1.807, 2.05) is 6.92 Å². The molecule has 0 aliphatic rings. The van der Waals surface area contributed by atoms with Crippen LogP contribution in [0.5, 0.6) is 0 Å². The maximum Gasteiger partial charge on any atom is 0.142 e. The van der Waals surface area contributed by atoms with Crippen LogP contribution >= 0.6 is 0 Å². The van der Waals surface area contributed by atoms with Gasteiger partial charge < -0.3 is 0 Å². The topological polar surface area (TPSA) is 17.1 Å². The quantitative estimate of drug-likeness (QED) is 0.359. The normalized spacial score (nSPS) is 13.7. The van der Waals surface area contributed by atoms with Gasteiger partial charge in [-0.15, -0.1) is 0 Å². The van der Waals surface area contributed by atoms with Gasteiger partial charge in [-0.2, -0.15) is 0 Å². The Morgan fingerprint density at radius 3 is 2.31 bits per heavy atom. The molecule has 0 bridgehead atoms. The summed E-state index contributed by atoms with van der Waals surface area (Å²) in [6.45, 7) is 8.39. The second kappa shape index (κ2) is 6.64. The van der Waals surface area contributed by atoms with Gasteiger partial charge in [-0.05, 0) is 45.6 Å². The molecular weight excluding hydrogens is 160 g/mol. The summed E-state index contributed by atoms with van der Waals surface area (Å²) in [5.74, 6) is 0.528. The summed E-state index contributed by atoms with van der Waals surface area (Å²) >= 11 is 0. The fraction of sp³-hybridized carbons (Fsp3) is 0.583. The third kappa shape index (κ3) is 5.40. The first-order chi connectivity index (χ1) is 6.11. The Bertz CT molecular complexity index is 207. The summed E-state index contributed by atoms with van der Waals surface area (Å²) in [6, 6.07) is 0. The van der Waals surface area contributed by atoms with Crippen LogP contribution < -0.4 is 0 Å². The van der Waals surface area contributed by atoms with E-state index in [1.54, 1.807) is 6.08 Å². The largest absolute Gasteiger partial charge is 0.299 e. The van der Waals surface area contributed by atoms with Gasteiger partial charge in [0.15, 0.2) is 0 Å². The molecule has 0 aliphatic carbocycles. The SMILES string of the molecule is CCC(CC=C(C)C)C(C)=CC=O. The number of hydrogen-bond donors (Lipinski definition) is 0. The van der Waals surface area contributed by atoms with Crippen LogP contribution in [0.1, 0.15) is 40.5 Å². The minimum absolute atomic E-state index is 0.528. The fourth-order valence-corrected chi connectivity index (χ4v) is 1.30. The zero-order valence-electron chi connectivity index (χ0n) is 9.13. The van der Waals surface area contributed by atoms with E-state index < -0.39 is 0 Å². The monoisotopic (exact) mass is 180 g/mol. The molecule has 0 radical (unpaired) electrons. The fourth-order valence-electron chi connectivity index (χ4n) is 1.30. The minimum Gasteiger partial charge on any atom is -0.299 e. The average Bonchev–Trinajstić information content (AvgIpc) is 2.05. The number of hydrogen-bond acceptors (Lipinski definition) is 1. The number of aldehydes is 1. The van der Waals surface area contributed by atoms with Gasteiger partial charge in [0, 0.05) is 0 Å². The van der Waals surface area contributed by atoms with E-state index in [0.29, 0.717) is 5.92 Å². The second-order valence-corrected chi connectivity index (χ2v) is 3.67. The van der Waals surface area contributed by atoms with Crippen LogP contribution in [-0.4, -0.2) is 6.29 Å². The van der Waals surface area contributed by atoms with Gasteiger partial charge in [0.25, 0.3) is 0 Å². The molecule has 0 spiro atoms. The highest BCUT2D eigenvalue weighted by molar-refractivity contribution is 5.66. The molecule has 1 nitrogen and oxygen atoms in total. The first-order valence-corrected chi connectivity index (χ1v) is 4.87. The lowest BCUT2D eigenvalue weighted by molar-refractivity contribution is -0.104. The first kappa shape index (κ1) is 12.2. The van der Waals surface area contributed by atoms with Crippen LogP contribution in [0.2, 0.25) is 0 Å². The van der Waals surface area contributed by atoms with Gasteiger partial charge in [-0.1, -0.05) is 24.1 Å². The van der Waals surface area contributed by atoms with E-state index in [-0.39, 0.29) is 0 Å². The van der Waals surface area contributed by atoms with Crippen molar-refractivity contribution >= 4 is 6.29 Å². The van der Waals surface area contributed by atoms with Gasteiger partial charge in [-0.25, -0.2) is 0 Å². The van der Waals surface area contributed by atoms with Crippen LogP contribution in [-0.2, 0) is 4.79 Å². The Kier molecular flexibility index (Phi) is 6.21. The maximum absolute atomic E-state index is 10.3.